The minimum absolute atomic E-state index is 0.0950. The molecule has 3 aromatic carbocycles. The van der Waals surface area contributed by atoms with Crippen LogP contribution in [0.2, 0.25) is 5.02 Å². The van der Waals surface area contributed by atoms with Crippen LogP contribution in [-0.4, -0.2) is 36.4 Å². The molecule has 3 aromatic rings. The Morgan fingerprint density at radius 2 is 1.57 bits per heavy atom. The molecule has 3 rings (SSSR count). The molecule has 0 atom stereocenters. The molecular formula is C25H22ClN3O7S. The van der Waals surface area contributed by atoms with E-state index in [2.05, 4.69) is 10.6 Å². The number of benzene rings is 3. The van der Waals surface area contributed by atoms with Gasteiger partial charge in [-0.2, -0.15) is 0 Å². The molecule has 0 unspecified atom stereocenters. The van der Waals surface area contributed by atoms with Gasteiger partial charge in [0.2, 0.25) is 5.91 Å². The molecule has 0 aromatic heterocycles. The second-order valence-electron chi connectivity index (χ2n) is 7.48. The molecule has 37 heavy (non-hydrogen) atoms. The Bertz CT molecular complexity index is 1280. The van der Waals surface area contributed by atoms with Gasteiger partial charge in [-0.1, -0.05) is 23.4 Å². The number of carbonyl (C=O) groups is 3. The lowest BCUT2D eigenvalue weighted by molar-refractivity contribution is -0.383. The minimum atomic E-state index is -0.772. The Morgan fingerprint density at radius 3 is 2.19 bits per heavy atom. The smallest absolute Gasteiger partial charge is 0.306 e. The van der Waals surface area contributed by atoms with Gasteiger partial charge in [0.05, 0.1) is 18.5 Å². The summed E-state index contributed by atoms with van der Waals surface area (Å²) in [7, 11) is 1.38. The van der Waals surface area contributed by atoms with E-state index < -0.39 is 29.3 Å². The van der Waals surface area contributed by atoms with Crippen LogP contribution in [0.4, 0.5) is 17.1 Å². The van der Waals surface area contributed by atoms with Crippen molar-refractivity contribution in [3.8, 4) is 5.75 Å². The maximum Gasteiger partial charge on any atom is 0.306 e. The summed E-state index contributed by atoms with van der Waals surface area (Å²) in [6, 6.07) is 18.5. The summed E-state index contributed by atoms with van der Waals surface area (Å²) in [6.45, 7) is -0.665. The number of halogens is 1. The van der Waals surface area contributed by atoms with Crippen molar-refractivity contribution in [1.29, 1.82) is 0 Å². The van der Waals surface area contributed by atoms with Crippen molar-refractivity contribution in [3.05, 3.63) is 81.9 Å². The highest BCUT2D eigenvalue weighted by atomic mass is 35.5. The molecule has 0 aliphatic rings. The fraction of sp³-hybridized carbons (Fsp3) is 0.160. The predicted molar refractivity (Wildman–Crippen MR) is 139 cm³/mol. The van der Waals surface area contributed by atoms with E-state index in [1.54, 1.807) is 23.9 Å². The number of nitrogens with one attached hydrogen (secondary N) is 2. The lowest BCUT2D eigenvalue weighted by atomic mass is 10.2. The third-order valence-electron chi connectivity index (χ3n) is 4.78. The third-order valence-corrected chi connectivity index (χ3v) is 6.05. The first kappa shape index (κ1) is 27.5. The summed E-state index contributed by atoms with van der Waals surface area (Å²) in [5, 5.41) is 16.8. The molecule has 12 heteroatoms. The largest absolute Gasteiger partial charge is 0.497 e. The molecule has 0 saturated heterocycles. The number of methoxy groups -OCH3 is 1. The Hall–Kier alpha value is -4.09. The number of anilines is 2. The van der Waals surface area contributed by atoms with Crippen LogP contribution in [0, 0.1) is 10.1 Å². The highest BCUT2D eigenvalue weighted by Gasteiger charge is 2.18. The maximum atomic E-state index is 12.2. The van der Waals surface area contributed by atoms with Gasteiger partial charge in [-0.05, 0) is 54.6 Å². The van der Waals surface area contributed by atoms with Crippen molar-refractivity contribution in [2.45, 2.75) is 22.6 Å². The zero-order valence-electron chi connectivity index (χ0n) is 19.6. The van der Waals surface area contributed by atoms with Crippen LogP contribution in [0.15, 0.2) is 76.5 Å². The first-order valence-electron chi connectivity index (χ1n) is 10.8. The molecule has 2 amide bonds. The monoisotopic (exact) mass is 543 g/mol. The minimum Gasteiger partial charge on any atom is -0.497 e. The number of hydrogen-bond acceptors (Lipinski definition) is 8. The molecule has 0 heterocycles. The Balaban J connectivity index is 1.41. The molecule has 0 aliphatic heterocycles. The molecule has 0 fully saturated rings. The van der Waals surface area contributed by atoms with E-state index in [0.717, 1.165) is 9.79 Å². The van der Waals surface area contributed by atoms with E-state index in [0.29, 0.717) is 16.5 Å². The van der Waals surface area contributed by atoms with Gasteiger partial charge in [0, 0.05) is 39.1 Å². The number of amides is 2. The third kappa shape index (κ3) is 8.81. The lowest BCUT2D eigenvalue weighted by Gasteiger charge is -2.09. The van der Waals surface area contributed by atoms with Crippen molar-refractivity contribution in [3.63, 3.8) is 0 Å². The highest BCUT2D eigenvalue weighted by Crippen LogP contribution is 2.30. The summed E-state index contributed by atoms with van der Waals surface area (Å²) in [4.78, 5) is 48.7. The molecule has 10 nitrogen and oxygen atoms in total. The summed E-state index contributed by atoms with van der Waals surface area (Å²) in [5.74, 6) is -1.63. The van der Waals surface area contributed by atoms with Crippen molar-refractivity contribution in [2.24, 2.45) is 0 Å². The molecule has 0 radical (unpaired) electrons. The van der Waals surface area contributed by atoms with Gasteiger partial charge >= 0.3 is 5.97 Å². The predicted octanol–water partition coefficient (Wildman–Crippen LogP) is 5.31. The van der Waals surface area contributed by atoms with Gasteiger partial charge in [0.15, 0.2) is 6.61 Å². The van der Waals surface area contributed by atoms with E-state index in [-0.39, 0.29) is 24.2 Å². The Labute approximate surface area is 221 Å². The van der Waals surface area contributed by atoms with Gasteiger partial charge in [-0.3, -0.25) is 24.5 Å². The van der Waals surface area contributed by atoms with E-state index in [4.69, 9.17) is 21.1 Å². The van der Waals surface area contributed by atoms with Crippen LogP contribution >= 0.6 is 23.4 Å². The van der Waals surface area contributed by atoms with Crippen molar-refractivity contribution in [2.75, 3.05) is 24.4 Å². The molecule has 192 valence electrons. The maximum absolute atomic E-state index is 12.2. The quantitative estimate of drug-likeness (QED) is 0.188. The number of nitro groups is 1. The second-order valence-corrected chi connectivity index (χ2v) is 9.06. The van der Waals surface area contributed by atoms with Crippen LogP contribution in [0.1, 0.15) is 12.8 Å². The van der Waals surface area contributed by atoms with Crippen molar-refractivity contribution >= 4 is 58.2 Å². The summed E-state index contributed by atoms with van der Waals surface area (Å²) < 4.78 is 9.87. The summed E-state index contributed by atoms with van der Waals surface area (Å²) >= 11 is 7.44. The number of hydrogen-bond donors (Lipinski definition) is 2. The Morgan fingerprint density at radius 1 is 0.919 bits per heavy atom. The van der Waals surface area contributed by atoms with Gasteiger partial charge in [0.1, 0.15) is 11.4 Å². The lowest BCUT2D eigenvalue weighted by Crippen LogP contribution is -2.22. The van der Waals surface area contributed by atoms with Crippen LogP contribution in [0.5, 0.6) is 5.75 Å². The Kier molecular flexibility index (Phi) is 9.87. The number of esters is 1. The summed E-state index contributed by atoms with van der Waals surface area (Å²) in [5.41, 5.74) is 0.134. The first-order chi connectivity index (χ1) is 17.7. The zero-order chi connectivity index (χ0) is 26.8. The molecule has 0 spiro atoms. The standard InChI is InChI=1S/C25H22ClN3O7S/c1-35-18-6-11-22(29(33)34)21(14-18)28-24(31)15-36-25(32)13-12-23(30)27-17-4-9-20(10-5-17)37-19-7-2-16(26)3-8-19/h2-11,14H,12-13,15H2,1H3,(H,27,30)(H,28,31). The average molecular weight is 544 g/mol. The van der Waals surface area contributed by atoms with Crippen LogP contribution in [0.3, 0.4) is 0 Å². The number of carbonyl (C=O) groups excluding carboxylic acids is 3. The molecule has 0 bridgehead atoms. The van der Waals surface area contributed by atoms with E-state index in [1.165, 1.54) is 25.3 Å². The molecule has 0 saturated carbocycles. The number of nitrogens with zero attached hydrogens (tertiary/aromatic N) is 1. The second kappa shape index (κ2) is 13.3. The van der Waals surface area contributed by atoms with Crippen LogP contribution < -0.4 is 15.4 Å². The topological polar surface area (TPSA) is 137 Å². The van der Waals surface area contributed by atoms with Gasteiger partial charge < -0.3 is 20.1 Å². The van der Waals surface area contributed by atoms with E-state index in [9.17, 15) is 24.5 Å². The van der Waals surface area contributed by atoms with E-state index >= 15 is 0 Å². The molecular weight excluding hydrogens is 522 g/mol. The fourth-order valence-electron chi connectivity index (χ4n) is 2.99. The van der Waals surface area contributed by atoms with E-state index in [1.807, 2.05) is 36.4 Å². The fourth-order valence-corrected chi connectivity index (χ4v) is 3.93. The van der Waals surface area contributed by atoms with Crippen molar-refractivity contribution < 1.29 is 28.8 Å². The van der Waals surface area contributed by atoms with Crippen LogP contribution in [0.25, 0.3) is 0 Å². The number of nitro benzene ring substituents is 1. The SMILES string of the molecule is COc1ccc([N+](=O)[O-])c(NC(=O)COC(=O)CCC(=O)Nc2ccc(Sc3ccc(Cl)cc3)cc2)c1. The first-order valence-corrected chi connectivity index (χ1v) is 12.0. The van der Waals surface area contributed by atoms with Gasteiger partial charge in [-0.25, -0.2) is 0 Å². The highest BCUT2D eigenvalue weighted by molar-refractivity contribution is 7.99. The van der Waals surface area contributed by atoms with Crippen molar-refractivity contribution in [1.82, 2.24) is 0 Å². The normalized spacial score (nSPS) is 10.3. The zero-order valence-corrected chi connectivity index (χ0v) is 21.1. The number of rotatable bonds is 11. The number of ether oxygens (including phenoxy) is 2. The average Bonchev–Trinajstić information content (AvgIpc) is 2.88. The molecule has 0 aliphatic carbocycles. The van der Waals surface area contributed by atoms with Crippen LogP contribution in [-0.2, 0) is 19.1 Å². The molecule has 2 N–H and O–H groups in total. The van der Waals surface area contributed by atoms with Gasteiger partial charge in [-0.15, -0.1) is 0 Å². The summed E-state index contributed by atoms with van der Waals surface area (Å²) in [6.07, 6.45) is -0.397. The van der Waals surface area contributed by atoms with Gasteiger partial charge in [0.25, 0.3) is 11.6 Å².